The third-order valence-corrected chi connectivity index (χ3v) is 3.71. The summed E-state index contributed by atoms with van der Waals surface area (Å²) in [7, 11) is 1.66. The number of carbonyl (C=O) groups excluding carboxylic acids is 2. The highest BCUT2D eigenvalue weighted by atomic mass is 32.1. The third-order valence-electron chi connectivity index (χ3n) is 2.98. The molecule has 0 aliphatic heterocycles. The van der Waals surface area contributed by atoms with Crippen molar-refractivity contribution in [3.63, 3.8) is 0 Å². The van der Waals surface area contributed by atoms with Crippen molar-refractivity contribution in [3.8, 4) is 6.07 Å². The lowest BCUT2D eigenvalue weighted by Gasteiger charge is -2.16. The quantitative estimate of drug-likeness (QED) is 0.795. The van der Waals surface area contributed by atoms with Crippen molar-refractivity contribution in [2.75, 3.05) is 13.7 Å². The zero-order valence-electron chi connectivity index (χ0n) is 12.0. The molecule has 6 heteroatoms. The summed E-state index contributed by atoms with van der Waals surface area (Å²) >= 11 is 1.56. The van der Waals surface area contributed by atoms with E-state index in [2.05, 4.69) is 0 Å². The van der Waals surface area contributed by atoms with Gasteiger partial charge in [0, 0.05) is 13.6 Å². The van der Waals surface area contributed by atoms with Crippen LogP contribution in [0.25, 0.3) is 0 Å². The van der Waals surface area contributed by atoms with Gasteiger partial charge >= 0.3 is 5.97 Å². The SMILES string of the molecule is CN(Cc1ccsc1)C(=O)COC(=O)c1cccc(C#N)c1. The summed E-state index contributed by atoms with van der Waals surface area (Å²) in [5, 5.41) is 12.7. The first-order valence-corrected chi connectivity index (χ1v) is 7.47. The van der Waals surface area contributed by atoms with Gasteiger partial charge in [0.2, 0.25) is 0 Å². The first-order valence-electron chi connectivity index (χ1n) is 6.52. The number of thiophene rings is 1. The molecule has 0 N–H and O–H groups in total. The molecule has 0 radical (unpaired) electrons. The molecule has 1 aromatic heterocycles. The predicted molar refractivity (Wildman–Crippen MR) is 82.2 cm³/mol. The Morgan fingerprint density at radius 1 is 1.36 bits per heavy atom. The highest BCUT2D eigenvalue weighted by Gasteiger charge is 2.14. The van der Waals surface area contributed by atoms with Gasteiger partial charge in [0.25, 0.3) is 5.91 Å². The molecule has 2 rings (SSSR count). The van der Waals surface area contributed by atoms with Crippen LogP contribution >= 0.6 is 11.3 Å². The molecule has 0 fully saturated rings. The second-order valence-corrected chi connectivity index (χ2v) is 5.43. The number of carbonyl (C=O) groups is 2. The van der Waals surface area contributed by atoms with E-state index in [1.165, 1.54) is 11.0 Å². The maximum absolute atomic E-state index is 11.9. The Kier molecular flexibility index (Phi) is 5.28. The zero-order chi connectivity index (χ0) is 15.9. The molecular formula is C16H14N2O3S. The second kappa shape index (κ2) is 7.38. The van der Waals surface area contributed by atoms with Gasteiger partial charge < -0.3 is 9.64 Å². The van der Waals surface area contributed by atoms with E-state index in [-0.39, 0.29) is 18.1 Å². The fourth-order valence-electron chi connectivity index (χ4n) is 1.78. The predicted octanol–water partition coefficient (Wildman–Crippen LogP) is 2.44. The molecule has 0 spiro atoms. The van der Waals surface area contributed by atoms with Crippen molar-refractivity contribution < 1.29 is 14.3 Å². The van der Waals surface area contributed by atoms with Crippen LogP contribution in [-0.4, -0.2) is 30.4 Å². The topological polar surface area (TPSA) is 70.4 Å². The number of esters is 1. The summed E-state index contributed by atoms with van der Waals surface area (Å²) in [5.74, 6) is -0.898. The number of nitrogens with zero attached hydrogens (tertiary/aromatic N) is 2. The number of amides is 1. The van der Waals surface area contributed by atoms with Gasteiger partial charge in [-0.2, -0.15) is 16.6 Å². The van der Waals surface area contributed by atoms with E-state index >= 15 is 0 Å². The average molecular weight is 314 g/mol. The first-order chi connectivity index (χ1) is 10.6. The van der Waals surface area contributed by atoms with Crippen LogP contribution in [0.1, 0.15) is 21.5 Å². The van der Waals surface area contributed by atoms with E-state index in [1.807, 2.05) is 22.9 Å². The Bertz CT molecular complexity index is 704. The van der Waals surface area contributed by atoms with Gasteiger partial charge in [-0.25, -0.2) is 4.79 Å². The largest absolute Gasteiger partial charge is 0.452 e. The number of benzene rings is 1. The Labute approximate surface area is 132 Å². The summed E-state index contributed by atoms with van der Waals surface area (Å²) in [6.07, 6.45) is 0. The molecule has 22 heavy (non-hydrogen) atoms. The van der Waals surface area contributed by atoms with Crippen molar-refractivity contribution in [2.24, 2.45) is 0 Å². The molecule has 5 nitrogen and oxygen atoms in total. The number of ether oxygens (including phenoxy) is 1. The fraction of sp³-hybridized carbons (Fsp3) is 0.188. The van der Waals surface area contributed by atoms with E-state index in [4.69, 9.17) is 10.00 Å². The monoisotopic (exact) mass is 314 g/mol. The van der Waals surface area contributed by atoms with E-state index in [0.29, 0.717) is 12.1 Å². The number of hydrogen-bond donors (Lipinski definition) is 0. The molecule has 2 aromatic rings. The van der Waals surface area contributed by atoms with E-state index in [1.54, 1.807) is 36.6 Å². The van der Waals surface area contributed by atoms with E-state index < -0.39 is 5.97 Å². The van der Waals surface area contributed by atoms with Gasteiger partial charge in [0.1, 0.15) is 0 Å². The Morgan fingerprint density at radius 2 is 2.18 bits per heavy atom. The van der Waals surface area contributed by atoms with Crippen LogP contribution in [-0.2, 0) is 16.1 Å². The van der Waals surface area contributed by atoms with Gasteiger partial charge in [-0.3, -0.25) is 4.79 Å². The minimum absolute atomic E-state index is 0.257. The van der Waals surface area contributed by atoms with Gasteiger partial charge in [0.05, 0.1) is 17.2 Å². The maximum Gasteiger partial charge on any atom is 0.338 e. The minimum atomic E-state index is -0.616. The maximum atomic E-state index is 11.9. The van der Waals surface area contributed by atoms with Gasteiger partial charge in [-0.05, 0) is 40.6 Å². The third kappa shape index (κ3) is 4.17. The smallest absolute Gasteiger partial charge is 0.338 e. The summed E-state index contributed by atoms with van der Waals surface area (Å²) in [4.78, 5) is 25.3. The summed E-state index contributed by atoms with van der Waals surface area (Å²) in [6, 6.07) is 10.1. The summed E-state index contributed by atoms with van der Waals surface area (Å²) in [6.45, 7) is 0.153. The fourth-order valence-corrected chi connectivity index (χ4v) is 2.44. The Morgan fingerprint density at radius 3 is 2.86 bits per heavy atom. The molecule has 1 heterocycles. The molecule has 0 saturated carbocycles. The van der Waals surface area contributed by atoms with Crippen LogP contribution in [0, 0.1) is 11.3 Å². The van der Waals surface area contributed by atoms with Crippen LogP contribution < -0.4 is 0 Å². The Balaban J connectivity index is 1.87. The molecular weight excluding hydrogens is 300 g/mol. The molecule has 0 aliphatic rings. The molecule has 1 aromatic carbocycles. The van der Waals surface area contributed by atoms with Gasteiger partial charge in [-0.1, -0.05) is 6.07 Å². The number of likely N-dealkylation sites (N-methyl/N-ethyl adjacent to an activating group) is 1. The standard InChI is InChI=1S/C16H14N2O3S/c1-18(9-13-5-6-22-11-13)15(19)10-21-16(20)14-4-2-3-12(7-14)8-17/h2-7,11H,9-10H2,1H3. The highest BCUT2D eigenvalue weighted by molar-refractivity contribution is 7.07. The molecule has 0 aliphatic carbocycles. The average Bonchev–Trinajstić information content (AvgIpc) is 3.05. The van der Waals surface area contributed by atoms with E-state index in [9.17, 15) is 9.59 Å². The molecule has 0 atom stereocenters. The number of nitriles is 1. The number of rotatable bonds is 5. The van der Waals surface area contributed by atoms with Crippen LogP contribution in [0.5, 0.6) is 0 Å². The van der Waals surface area contributed by atoms with Crippen LogP contribution in [0.2, 0.25) is 0 Å². The molecule has 112 valence electrons. The lowest BCUT2D eigenvalue weighted by molar-refractivity contribution is -0.133. The molecule has 0 saturated heterocycles. The molecule has 1 amide bonds. The van der Waals surface area contributed by atoms with Gasteiger partial charge in [0.15, 0.2) is 6.61 Å². The Hall–Kier alpha value is -2.65. The molecule has 0 unspecified atom stereocenters. The lowest BCUT2D eigenvalue weighted by Crippen LogP contribution is -2.30. The van der Waals surface area contributed by atoms with Crippen molar-refractivity contribution in [2.45, 2.75) is 6.54 Å². The normalized spacial score (nSPS) is 9.82. The summed E-state index contributed by atoms with van der Waals surface area (Å²) in [5.41, 5.74) is 1.66. The van der Waals surface area contributed by atoms with Crippen LogP contribution in [0.4, 0.5) is 0 Å². The van der Waals surface area contributed by atoms with Crippen molar-refractivity contribution >= 4 is 23.2 Å². The second-order valence-electron chi connectivity index (χ2n) is 4.65. The lowest BCUT2D eigenvalue weighted by atomic mass is 10.1. The van der Waals surface area contributed by atoms with Crippen molar-refractivity contribution in [1.82, 2.24) is 4.90 Å². The van der Waals surface area contributed by atoms with Crippen LogP contribution in [0.15, 0.2) is 41.1 Å². The highest BCUT2D eigenvalue weighted by Crippen LogP contribution is 2.09. The number of hydrogen-bond acceptors (Lipinski definition) is 5. The molecule has 0 bridgehead atoms. The summed E-state index contributed by atoms with van der Waals surface area (Å²) < 4.78 is 4.99. The van der Waals surface area contributed by atoms with Gasteiger partial charge in [-0.15, -0.1) is 0 Å². The van der Waals surface area contributed by atoms with Crippen LogP contribution in [0.3, 0.4) is 0 Å². The zero-order valence-corrected chi connectivity index (χ0v) is 12.8. The minimum Gasteiger partial charge on any atom is -0.452 e. The van der Waals surface area contributed by atoms with Crippen molar-refractivity contribution in [1.29, 1.82) is 5.26 Å². The first kappa shape index (κ1) is 15.7. The van der Waals surface area contributed by atoms with E-state index in [0.717, 1.165) is 5.56 Å². The van der Waals surface area contributed by atoms with Crippen molar-refractivity contribution in [3.05, 3.63) is 57.8 Å².